The number of nitrogens with zero attached hydrogens (tertiary/aromatic N) is 2. The highest BCUT2D eigenvalue weighted by atomic mass is 16.1. The van der Waals surface area contributed by atoms with Gasteiger partial charge < -0.3 is 10.6 Å². The quantitative estimate of drug-likeness (QED) is 0.902. The van der Waals surface area contributed by atoms with Crippen LogP contribution in [0.5, 0.6) is 0 Å². The molecule has 1 aromatic heterocycles. The number of rotatable bonds is 4. The van der Waals surface area contributed by atoms with Crippen LogP contribution in [-0.2, 0) is 6.42 Å². The second kappa shape index (κ2) is 6.53. The van der Waals surface area contributed by atoms with Crippen molar-refractivity contribution in [3.63, 3.8) is 0 Å². The highest BCUT2D eigenvalue weighted by molar-refractivity contribution is 6.07. The highest BCUT2D eigenvalue weighted by Crippen LogP contribution is 2.17. The number of aromatic nitrogens is 1. The van der Waals surface area contributed by atoms with Gasteiger partial charge in [0.25, 0.3) is 5.91 Å². The number of amides is 1. The van der Waals surface area contributed by atoms with E-state index in [0.717, 1.165) is 16.9 Å². The monoisotopic (exact) mass is 280 g/mol. The zero-order valence-electron chi connectivity index (χ0n) is 12.0. The molecule has 5 heteroatoms. The van der Waals surface area contributed by atoms with Crippen LogP contribution in [0.1, 0.15) is 21.6 Å². The second-order valence-electron chi connectivity index (χ2n) is 4.61. The number of nitrogens with one attached hydrogen (secondary N) is 2. The number of anilines is 2. The molecule has 0 aliphatic carbocycles. The SMILES string of the molecule is CNc1cc(C)ncc1C(=O)Nc1ccc(CC#N)cc1. The van der Waals surface area contributed by atoms with Gasteiger partial charge in [-0.25, -0.2) is 0 Å². The molecule has 1 aromatic carbocycles. The van der Waals surface area contributed by atoms with Crippen molar-refractivity contribution in [1.82, 2.24) is 4.98 Å². The molecule has 0 aliphatic rings. The molecule has 2 rings (SSSR count). The van der Waals surface area contributed by atoms with E-state index in [0.29, 0.717) is 17.7 Å². The van der Waals surface area contributed by atoms with Gasteiger partial charge in [0.2, 0.25) is 0 Å². The van der Waals surface area contributed by atoms with E-state index in [1.165, 1.54) is 0 Å². The molecule has 0 saturated carbocycles. The number of pyridine rings is 1. The summed E-state index contributed by atoms with van der Waals surface area (Å²) in [4.78, 5) is 16.4. The Balaban J connectivity index is 2.16. The molecule has 2 N–H and O–H groups in total. The first-order valence-electron chi connectivity index (χ1n) is 6.55. The second-order valence-corrected chi connectivity index (χ2v) is 4.61. The summed E-state index contributed by atoms with van der Waals surface area (Å²) in [7, 11) is 1.77. The third kappa shape index (κ3) is 3.57. The summed E-state index contributed by atoms with van der Waals surface area (Å²) in [5.41, 5.74) is 3.68. The lowest BCUT2D eigenvalue weighted by atomic mass is 10.1. The molecule has 2 aromatic rings. The fraction of sp³-hybridized carbons (Fsp3) is 0.188. The zero-order valence-corrected chi connectivity index (χ0v) is 12.0. The van der Waals surface area contributed by atoms with Crippen molar-refractivity contribution >= 4 is 17.3 Å². The maximum absolute atomic E-state index is 12.3. The number of aryl methyl sites for hydroxylation is 1. The van der Waals surface area contributed by atoms with Gasteiger partial charge in [0.05, 0.1) is 23.7 Å². The first-order valence-corrected chi connectivity index (χ1v) is 6.55. The maximum Gasteiger partial charge on any atom is 0.259 e. The Morgan fingerprint density at radius 2 is 2.05 bits per heavy atom. The highest BCUT2D eigenvalue weighted by Gasteiger charge is 2.11. The van der Waals surface area contributed by atoms with Crippen LogP contribution in [0.3, 0.4) is 0 Å². The molecule has 0 fully saturated rings. The van der Waals surface area contributed by atoms with Crippen LogP contribution in [-0.4, -0.2) is 17.9 Å². The lowest BCUT2D eigenvalue weighted by molar-refractivity contribution is 0.102. The van der Waals surface area contributed by atoms with E-state index in [1.807, 2.05) is 25.1 Å². The van der Waals surface area contributed by atoms with Crippen molar-refractivity contribution in [2.24, 2.45) is 0 Å². The van der Waals surface area contributed by atoms with Gasteiger partial charge in [-0.3, -0.25) is 9.78 Å². The number of carbonyl (C=O) groups is 1. The standard InChI is InChI=1S/C16H16N4O/c1-11-9-15(18-2)14(10-19-11)16(21)20-13-5-3-12(4-6-13)7-8-17/h3-6,9-10H,7H2,1-2H3,(H,18,19)(H,20,21). The largest absolute Gasteiger partial charge is 0.387 e. The number of nitriles is 1. The predicted octanol–water partition coefficient (Wildman–Crippen LogP) is 2.75. The van der Waals surface area contributed by atoms with Crippen LogP contribution in [0.4, 0.5) is 11.4 Å². The Morgan fingerprint density at radius 1 is 1.33 bits per heavy atom. The topological polar surface area (TPSA) is 77.8 Å². The summed E-state index contributed by atoms with van der Waals surface area (Å²) < 4.78 is 0. The van der Waals surface area contributed by atoms with Gasteiger partial charge in [-0.2, -0.15) is 5.26 Å². The predicted molar refractivity (Wildman–Crippen MR) is 82.2 cm³/mol. The average Bonchev–Trinajstić information content (AvgIpc) is 2.49. The van der Waals surface area contributed by atoms with Crippen molar-refractivity contribution in [1.29, 1.82) is 5.26 Å². The molecule has 1 amide bonds. The van der Waals surface area contributed by atoms with Crippen LogP contribution < -0.4 is 10.6 Å². The number of hydrogen-bond donors (Lipinski definition) is 2. The summed E-state index contributed by atoms with van der Waals surface area (Å²) in [6, 6.07) is 11.1. The zero-order chi connectivity index (χ0) is 15.2. The van der Waals surface area contributed by atoms with Crippen LogP contribution in [0.25, 0.3) is 0 Å². The molecule has 5 nitrogen and oxygen atoms in total. The van der Waals surface area contributed by atoms with E-state index < -0.39 is 0 Å². The summed E-state index contributed by atoms with van der Waals surface area (Å²) in [6.45, 7) is 1.87. The Morgan fingerprint density at radius 3 is 2.67 bits per heavy atom. The van der Waals surface area contributed by atoms with Gasteiger partial charge in [0.15, 0.2) is 0 Å². The Hall–Kier alpha value is -2.87. The normalized spacial score (nSPS) is 9.76. The first kappa shape index (κ1) is 14.5. The molecule has 0 spiro atoms. The lowest BCUT2D eigenvalue weighted by Gasteiger charge is -2.10. The van der Waals surface area contributed by atoms with Crippen LogP contribution in [0, 0.1) is 18.3 Å². The Labute approximate surface area is 123 Å². The van der Waals surface area contributed by atoms with E-state index in [9.17, 15) is 4.79 Å². The molecule has 0 unspecified atom stereocenters. The number of hydrogen-bond acceptors (Lipinski definition) is 4. The van der Waals surface area contributed by atoms with E-state index in [1.54, 1.807) is 25.4 Å². The van der Waals surface area contributed by atoms with E-state index in [2.05, 4.69) is 21.7 Å². The van der Waals surface area contributed by atoms with Gasteiger partial charge in [0.1, 0.15) is 0 Å². The Kier molecular flexibility index (Phi) is 4.52. The molecule has 0 aliphatic heterocycles. The van der Waals surface area contributed by atoms with Crippen molar-refractivity contribution in [3.05, 3.63) is 53.3 Å². The van der Waals surface area contributed by atoms with Crippen molar-refractivity contribution in [2.75, 3.05) is 17.7 Å². The van der Waals surface area contributed by atoms with Crippen molar-refractivity contribution in [2.45, 2.75) is 13.3 Å². The molecule has 21 heavy (non-hydrogen) atoms. The minimum absolute atomic E-state index is 0.222. The third-order valence-electron chi connectivity index (χ3n) is 3.05. The van der Waals surface area contributed by atoms with Gasteiger partial charge in [-0.05, 0) is 30.7 Å². The Bertz CT molecular complexity index is 686. The minimum atomic E-state index is -0.222. The fourth-order valence-corrected chi connectivity index (χ4v) is 1.94. The summed E-state index contributed by atoms with van der Waals surface area (Å²) >= 11 is 0. The molecule has 0 saturated heterocycles. The van der Waals surface area contributed by atoms with Gasteiger partial charge in [0, 0.05) is 24.6 Å². The number of benzene rings is 1. The van der Waals surface area contributed by atoms with E-state index in [-0.39, 0.29) is 5.91 Å². The third-order valence-corrected chi connectivity index (χ3v) is 3.05. The molecule has 1 heterocycles. The van der Waals surface area contributed by atoms with E-state index in [4.69, 9.17) is 5.26 Å². The molecule has 0 atom stereocenters. The smallest absolute Gasteiger partial charge is 0.259 e. The average molecular weight is 280 g/mol. The van der Waals surface area contributed by atoms with Crippen LogP contribution >= 0.6 is 0 Å². The van der Waals surface area contributed by atoms with Gasteiger partial charge in [-0.1, -0.05) is 12.1 Å². The first-order chi connectivity index (χ1) is 10.1. The minimum Gasteiger partial charge on any atom is -0.387 e. The molecular weight excluding hydrogens is 264 g/mol. The van der Waals surface area contributed by atoms with Gasteiger partial charge >= 0.3 is 0 Å². The summed E-state index contributed by atoms with van der Waals surface area (Å²) in [5, 5.41) is 14.4. The van der Waals surface area contributed by atoms with Gasteiger partial charge in [-0.15, -0.1) is 0 Å². The maximum atomic E-state index is 12.3. The molecule has 0 bridgehead atoms. The van der Waals surface area contributed by atoms with E-state index >= 15 is 0 Å². The van der Waals surface area contributed by atoms with Crippen LogP contribution in [0.2, 0.25) is 0 Å². The molecule has 0 radical (unpaired) electrons. The summed E-state index contributed by atoms with van der Waals surface area (Å²) in [5.74, 6) is -0.222. The lowest BCUT2D eigenvalue weighted by Crippen LogP contribution is -2.14. The number of carbonyl (C=O) groups excluding carboxylic acids is 1. The summed E-state index contributed by atoms with van der Waals surface area (Å²) in [6.07, 6.45) is 1.92. The van der Waals surface area contributed by atoms with Crippen molar-refractivity contribution < 1.29 is 4.79 Å². The molecular formula is C16H16N4O. The van der Waals surface area contributed by atoms with Crippen LogP contribution in [0.15, 0.2) is 36.5 Å². The van der Waals surface area contributed by atoms with Crippen molar-refractivity contribution in [3.8, 4) is 6.07 Å². The fourth-order valence-electron chi connectivity index (χ4n) is 1.94. The molecule has 106 valence electrons.